The van der Waals surface area contributed by atoms with Crippen LogP contribution in [0.2, 0.25) is 0 Å². The monoisotopic (exact) mass is 201 g/mol. The summed E-state index contributed by atoms with van der Waals surface area (Å²) in [4.78, 5) is 11.2. The van der Waals surface area contributed by atoms with E-state index in [1.54, 1.807) is 0 Å². The van der Waals surface area contributed by atoms with E-state index in [-0.39, 0.29) is 17.3 Å². The highest BCUT2D eigenvalue weighted by Gasteiger charge is 2.48. The van der Waals surface area contributed by atoms with Crippen LogP contribution in [0.5, 0.6) is 0 Å². The van der Waals surface area contributed by atoms with Crippen molar-refractivity contribution in [2.45, 2.75) is 38.1 Å². The third-order valence-corrected chi connectivity index (χ3v) is 3.94. The first-order chi connectivity index (χ1) is 6.14. The highest BCUT2D eigenvalue weighted by Crippen LogP contribution is 2.50. The fourth-order valence-electron chi connectivity index (χ4n) is 3.11. The fraction of sp³-hybridized carbons (Fsp3) is 0.900. The molecule has 0 spiro atoms. The minimum absolute atomic E-state index is 0.0169. The molecule has 3 heteroatoms. The maximum absolute atomic E-state index is 11.2. The maximum atomic E-state index is 11.2. The van der Waals surface area contributed by atoms with Crippen molar-refractivity contribution in [1.29, 1.82) is 0 Å². The molecule has 0 heterocycles. The van der Waals surface area contributed by atoms with Gasteiger partial charge in [-0.2, -0.15) is 0 Å². The van der Waals surface area contributed by atoms with Crippen molar-refractivity contribution in [1.82, 2.24) is 5.32 Å². The topological polar surface area (TPSA) is 29.1 Å². The second-order valence-electron chi connectivity index (χ2n) is 4.68. The lowest BCUT2D eigenvalue weighted by atomic mass is 9.82. The minimum Gasteiger partial charge on any atom is -0.350 e. The number of fused-ring (bicyclic) bond motifs is 2. The lowest BCUT2D eigenvalue weighted by Crippen LogP contribution is -2.50. The fourth-order valence-corrected chi connectivity index (χ4v) is 3.18. The highest BCUT2D eigenvalue weighted by atomic mass is 35.5. The van der Waals surface area contributed by atoms with Crippen LogP contribution in [-0.4, -0.2) is 17.3 Å². The molecular formula is C10H16ClNO. The molecule has 2 aliphatic rings. The Kier molecular flexibility index (Phi) is 2.26. The molecule has 2 rings (SSSR count). The zero-order chi connectivity index (χ0) is 9.47. The summed E-state index contributed by atoms with van der Waals surface area (Å²) in [6, 6.07) is 0. The molecule has 0 saturated heterocycles. The van der Waals surface area contributed by atoms with Crippen LogP contribution in [0.15, 0.2) is 0 Å². The van der Waals surface area contributed by atoms with Crippen LogP contribution >= 0.6 is 11.6 Å². The summed E-state index contributed by atoms with van der Waals surface area (Å²) in [6.07, 6.45) is 5.10. The van der Waals surface area contributed by atoms with Crippen molar-refractivity contribution in [2.75, 3.05) is 5.88 Å². The predicted octanol–water partition coefficient (Wildman–Crippen LogP) is 1.92. The number of hydrogen-bond acceptors (Lipinski definition) is 1. The molecule has 2 fully saturated rings. The van der Waals surface area contributed by atoms with Gasteiger partial charge in [0.25, 0.3) is 0 Å². The Morgan fingerprint density at radius 1 is 1.62 bits per heavy atom. The van der Waals surface area contributed by atoms with Crippen LogP contribution in [0.1, 0.15) is 32.6 Å². The van der Waals surface area contributed by atoms with E-state index in [0.717, 1.165) is 12.3 Å². The van der Waals surface area contributed by atoms with Crippen LogP contribution in [0, 0.1) is 11.8 Å². The Hall–Kier alpha value is -0.240. The van der Waals surface area contributed by atoms with Crippen LogP contribution in [-0.2, 0) is 4.79 Å². The maximum Gasteiger partial charge on any atom is 0.235 e. The predicted molar refractivity (Wildman–Crippen MR) is 52.7 cm³/mol. The summed E-state index contributed by atoms with van der Waals surface area (Å²) in [5, 5.41) is 3.07. The number of nitrogens with one attached hydrogen (secondary N) is 1. The summed E-state index contributed by atoms with van der Waals surface area (Å²) in [6.45, 7) is 2.17. The van der Waals surface area contributed by atoms with Gasteiger partial charge in [0.1, 0.15) is 5.88 Å². The van der Waals surface area contributed by atoms with Gasteiger partial charge in [0.2, 0.25) is 5.91 Å². The van der Waals surface area contributed by atoms with E-state index in [2.05, 4.69) is 12.2 Å². The van der Waals surface area contributed by atoms with Crippen LogP contribution < -0.4 is 5.32 Å². The second kappa shape index (κ2) is 3.16. The van der Waals surface area contributed by atoms with Gasteiger partial charge in [-0.3, -0.25) is 4.79 Å². The quantitative estimate of drug-likeness (QED) is 0.680. The molecule has 1 N–H and O–H groups in total. The minimum atomic E-state index is -0.0169. The Morgan fingerprint density at radius 2 is 2.38 bits per heavy atom. The van der Waals surface area contributed by atoms with Crippen LogP contribution in [0.25, 0.3) is 0 Å². The van der Waals surface area contributed by atoms with E-state index in [9.17, 15) is 4.79 Å². The Labute approximate surface area is 84.0 Å². The molecule has 2 nitrogen and oxygen atoms in total. The Morgan fingerprint density at radius 3 is 2.85 bits per heavy atom. The number of carbonyl (C=O) groups excluding carboxylic acids is 1. The van der Waals surface area contributed by atoms with Gasteiger partial charge < -0.3 is 5.32 Å². The van der Waals surface area contributed by atoms with Gasteiger partial charge in [0, 0.05) is 5.54 Å². The van der Waals surface area contributed by atoms with Crippen molar-refractivity contribution in [3.05, 3.63) is 0 Å². The average molecular weight is 202 g/mol. The Balaban J connectivity index is 2.01. The first-order valence-corrected chi connectivity index (χ1v) is 5.54. The molecule has 3 atom stereocenters. The van der Waals surface area contributed by atoms with Gasteiger partial charge >= 0.3 is 0 Å². The van der Waals surface area contributed by atoms with Gasteiger partial charge in [-0.05, 0) is 44.4 Å². The zero-order valence-corrected chi connectivity index (χ0v) is 8.73. The number of hydrogen-bond donors (Lipinski definition) is 1. The molecule has 3 unspecified atom stereocenters. The van der Waals surface area contributed by atoms with Crippen molar-refractivity contribution in [2.24, 2.45) is 11.8 Å². The summed E-state index contributed by atoms with van der Waals surface area (Å²) in [7, 11) is 0. The number of rotatable bonds is 2. The lowest BCUT2D eigenvalue weighted by molar-refractivity contribution is -0.121. The van der Waals surface area contributed by atoms with Gasteiger partial charge in [-0.25, -0.2) is 0 Å². The molecule has 1 amide bonds. The standard InChI is InChI=1S/C10H16ClNO/c1-10(12-9(13)6-11)5-7-2-3-8(10)4-7/h7-8H,2-6H2,1H3,(H,12,13). The van der Waals surface area contributed by atoms with Crippen molar-refractivity contribution >= 4 is 17.5 Å². The summed E-state index contributed by atoms with van der Waals surface area (Å²) in [5.41, 5.74) is 0.0505. The normalized spacial score (nSPS) is 42.3. The van der Waals surface area contributed by atoms with Crippen molar-refractivity contribution in [3.63, 3.8) is 0 Å². The molecule has 0 aromatic rings. The van der Waals surface area contributed by atoms with Gasteiger partial charge in [0.05, 0.1) is 0 Å². The van der Waals surface area contributed by atoms with Crippen LogP contribution in [0.4, 0.5) is 0 Å². The van der Waals surface area contributed by atoms with Gasteiger partial charge in [-0.15, -0.1) is 11.6 Å². The van der Waals surface area contributed by atoms with E-state index in [0.29, 0.717) is 5.92 Å². The molecule has 2 saturated carbocycles. The molecule has 0 aliphatic heterocycles. The van der Waals surface area contributed by atoms with Gasteiger partial charge in [0.15, 0.2) is 0 Å². The van der Waals surface area contributed by atoms with E-state index in [1.807, 2.05) is 0 Å². The largest absolute Gasteiger partial charge is 0.350 e. The van der Waals surface area contributed by atoms with E-state index >= 15 is 0 Å². The number of halogens is 1. The first kappa shape index (κ1) is 9.32. The zero-order valence-electron chi connectivity index (χ0n) is 7.98. The summed E-state index contributed by atoms with van der Waals surface area (Å²) in [5.74, 6) is 1.62. The van der Waals surface area contributed by atoms with E-state index in [4.69, 9.17) is 11.6 Å². The molecule has 2 bridgehead atoms. The molecule has 0 aromatic heterocycles. The molecule has 2 aliphatic carbocycles. The van der Waals surface area contributed by atoms with Crippen molar-refractivity contribution < 1.29 is 4.79 Å². The van der Waals surface area contributed by atoms with E-state index in [1.165, 1.54) is 19.3 Å². The third-order valence-electron chi connectivity index (χ3n) is 3.70. The molecule has 74 valence electrons. The number of amides is 1. The third kappa shape index (κ3) is 1.56. The summed E-state index contributed by atoms with van der Waals surface area (Å²) < 4.78 is 0. The SMILES string of the molecule is CC1(NC(=O)CCl)CC2CCC1C2. The first-order valence-electron chi connectivity index (χ1n) is 5.01. The summed E-state index contributed by atoms with van der Waals surface area (Å²) >= 11 is 5.48. The van der Waals surface area contributed by atoms with Gasteiger partial charge in [-0.1, -0.05) is 0 Å². The Bertz CT molecular complexity index is 231. The molecular weight excluding hydrogens is 186 g/mol. The highest BCUT2D eigenvalue weighted by molar-refractivity contribution is 6.27. The van der Waals surface area contributed by atoms with E-state index < -0.39 is 0 Å². The number of carbonyl (C=O) groups is 1. The number of alkyl halides is 1. The second-order valence-corrected chi connectivity index (χ2v) is 4.95. The van der Waals surface area contributed by atoms with Crippen molar-refractivity contribution in [3.8, 4) is 0 Å². The molecule has 0 aromatic carbocycles. The lowest BCUT2D eigenvalue weighted by Gasteiger charge is -2.34. The molecule has 13 heavy (non-hydrogen) atoms. The smallest absolute Gasteiger partial charge is 0.235 e. The molecule has 0 radical (unpaired) electrons. The average Bonchev–Trinajstić information content (AvgIpc) is 2.62. The van der Waals surface area contributed by atoms with Crippen LogP contribution in [0.3, 0.4) is 0 Å².